The molecule has 0 amide bonds. The summed E-state index contributed by atoms with van der Waals surface area (Å²) in [6, 6.07) is 12.0. The van der Waals surface area contributed by atoms with Crippen molar-refractivity contribution in [3.05, 3.63) is 105 Å². The van der Waals surface area contributed by atoms with E-state index in [1.54, 1.807) is 24.4 Å². The number of methoxy groups -OCH3 is 1. The predicted molar refractivity (Wildman–Crippen MR) is 202 cm³/mol. The van der Waals surface area contributed by atoms with Gasteiger partial charge in [0.1, 0.15) is 35.2 Å². The molecular formula is C38H43Cl2F5N4O7S. The Bertz CT molecular complexity index is 2130. The van der Waals surface area contributed by atoms with Crippen LogP contribution in [-0.4, -0.2) is 86.5 Å². The molecule has 0 saturated heterocycles. The van der Waals surface area contributed by atoms with Crippen molar-refractivity contribution in [2.45, 2.75) is 68.5 Å². The standard InChI is InChI=1S/C36H42Cl2F2N4O5S.C2HF3O2/c1-36(2,23-10-16-28(37)32(19-23)49-6)33-22-41-34(43(33)25-13-11-24(39)12-14-25)17-15-27-29(38)20-26(21-30(27)40)50(47,48)42-31(35(45)46)9-7-8-18-44(3,4)5;3-2(4,5)1(6)7/h10-14,16,19-22,31,42H,7-9,15,17-18H2,1-6H3;(H,6,7)/t31-;/m0./s1. The molecule has 57 heavy (non-hydrogen) atoms. The maximum absolute atomic E-state index is 15.6. The molecule has 0 bridgehead atoms. The molecule has 0 saturated carbocycles. The minimum Gasteiger partial charge on any atom is -0.542 e. The molecule has 1 heterocycles. The normalized spacial score (nSPS) is 12.8. The number of carboxylic acids is 2. The zero-order valence-corrected chi connectivity index (χ0v) is 34.2. The molecule has 0 aliphatic carbocycles. The van der Waals surface area contributed by atoms with Gasteiger partial charge in [0.2, 0.25) is 10.0 Å². The molecule has 1 atom stereocenters. The summed E-state index contributed by atoms with van der Waals surface area (Å²) in [6.45, 7) is 4.79. The number of aryl methyl sites for hydroxylation is 1. The highest BCUT2D eigenvalue weighted by Gasteiger charge is 2.31. The molecule has 4 aromatic rings. The average molecular weight is 866 g/mol. The van der Waals surface area contributed by atoms with E-state index in [0.29, 0.717) is 39.6 Å². The number of imidazole rings is 1. The fourth-order valence-corrected chi connectivity index (χ4v) is 7.54. The van der Waals surface area contributed by atoms with E-state index in [0.717, 1.165) is 29.9 Å². The second-order valence-corrected chi connectivity index (χ2v) is 17.0. The lowest BCUT2D eigenvalue weighted by Crippen LogP contribution is -2.41. The van der Waals surface area contributed by atoms with Gasteiger partial charge in [0.05, 0.1) is 50.4 Å². The first-order valence-electron chi connectivity index (χ1n) is 17.3. The maximum Gasteiger partial charge on any atom is 0.430 e. The summed E-state index contributed by atoms with van der Waals surface area (Å²) in [5, 5.41) is 18.8. The zero-order valence-electron chi connectivity index (χ0n) is 31.9. The van der Waals surface area contributed by atoms with Gasteiger partial charge >= 0.3 is 12.1 Å². The van der Waals surface area contributed by atoms with Crippen LogP contribution in [0.3, 0.4) is 0 Å². The third-order valence-corrected chi connectivity index (χ3v) is 11.0. The van der Waals surface area contributed by atoms with E-state index in [1.165, 1.54) is 19.2 Å². The lowest BCUT2D eigenvalue weighted by molar-refractivity contribution is -0.870. The Balaban J connectivity index is 0.00000113. The van der Waals surface area contributed by atoms with Gasteiger partial charge in [-0.2, -0.15) is 17.9 Å². The Morgan fingerprint density at radius 2 is 1.60 bits per heavy atom. The van der Waals surface area contributed by atoms with Crippen LogP contribution in [0, 0.1) is 11.6 Å². The molecule has 1 aromatic heterocycles. The zero-order chi connectivity index (χ0) is 43.1. The molecular weight excluding hydrogens is 822 g/mol. The topological polar surface area (TPSA) is 151 Å². The minimum atomic E-state index is -5.19. The van der Waals surface area contributed by atoms with Crippen LogP contribution in [0.5, 0.6) is 5.75 Å². The van der Waals surface area contributed by atoms with Gasteiger partial charge in [-0.15, -0.1) is 0 Å². The van der Waals surface area contributed by atoms with Crippen molar-refractivity contribution >= 4 is 45.2 Å². The number of nitrogens with one attached hydrogen (secondary N) is 1. The molecule has 0 fully saturated rings. The molecule has 0 spiro atoms. The number of hydrogen-bond acceptors (Lipinski definition) is 7. The van der Waals surface area contributed by atoms with Gasteiger partial charge in [-0.1, -0.05) is 43.1 Å². The molecule has 19 heteroatoms. The van der Waals surface area contributed by atoms with Crippen molar-refractivity contribution < 1.29 is 59.4 Å². The van der Waals surface area contributed by atoms with Crippen LogP contribution in [0.2, 0.25) is 10.0 Å². The Morgan fingerprint density at radius 3 is 2.12 bits per heavy atom. The van der Waals surface area contributed by atoms with Crippen LogP contribution in [0.15, 0.2) is 65.7 Å². The summed E-state index contributed by atoms with van der Waals surface area (Å²) >= 11 is 12.8. The molecule has 2 N–H and O–H groups in total. The SMILES string of the molecule is COc1cc(C(C)(C)c2cnc(CCc3c(F)cc(S(=O)(=O)N[C@@H](CCCC[N+](C)(C)C)C(=O)O)cc3Cl)n2-c2ccc(F)cc2)ccc1Cl.O=C([O-])C(F)(F)F. The lowest BCUT2D eigenvalue weighted by atomic mass is 9.81. The molecule has 0 radical (unpaired) electrons. The first-order valence-corrected chi connectivity index (χ1v) is 19.5. The van der Waals surface area contributed by atoms with Gasteiger partial charge in [-0.3, -0.25) is 9.36 Å². The van der Waals surface area contributed by atoms with Crippen LogP contribution in [0.4, 0.5) is 22.0 Å². The second-order valence-electron chi connectivity index (χ2n) is 14.5. The smallest absolute Gasteiger partial charge is 0.430 e. The fourth-order valence-electron chi connectivity index (χ4n) is 5.72. The quantitative estimate of drug-likeness (QED) is 0.0739. The van der Waals surface area contributed by atoms with Crippen LogP contribution in [-0.2, 0) is 37.9 Å². The Hall–Kier alpha value is -4.29. The van der Waals surface area contributed by atoms with Gasteiger partial charge in [0.15, 0.2) is 0 Å². The number of carbonyl (C=O) groups excluding carboxylic acids is 1. The number of hydrogen-bond donors (Lipinski definition) is 2. The number of benzene rings is 3. The number of halogens is 7. The van der Waals surface area contributed by atoms with E-state index >= 15 is 4.39 Å². The van der Waals surface area contributed by atoms with Crippen molar-refractivity contribution in [3.8, 4) is 11.4 Å². The number of aromatic nitrogens is 2. The Morgan fingerprint density at radius 1 is 0.982 bits per heavy atom. The van der Waals surface area contributed by atoms with Crippen molar-refractivity contribution in [2.75, 3.05) is 34.8 Å². The third kappa shape index (κ3) is 12.9. The van der Waals surface area contributed by atoms with E-state index in [-0.39, 0.29) is 29.8 Å². The van der Waals surface area contributed by atoms with Crippen LogP contribution in [0.1, 0.15) is 55.8 Å². The van der Waals surface area contributed by atoms with E-state index in [9.17, 15) is 35.9 Å². The minimum absolute atomic E-state index is 0.0509. The predicted octanol–water partition coefficient (Wildman–Crippen LogP) is 6.48. The molecule has 0 aliphatic rings. The Kier molecular flexibility index (Phi) is 15.7. The highest BCUT2D eigenvalue weighted by molar-refractivity contribution is 7.89. The molecule has 0 unspecified atom stereocenters. The summed E-state index contributed by atoms with van der Waals surface area (Å²) in [5.74, 6) is -4.56. The van der Waals surface area contributed by atoms with Crippen LogP contribution in [0.25, 0.3) is 5.69 Å². The average Bonchev–Trinajstić information content (AvgIpc) is 3.53. The number of carbonyl (C=O) groups is 2. The summed E-state index contributed by atoms with van der Waals surface area (Å²) in [7, 11) is 3.15. The van der Waals surface area contributed by atoms with E-state index in [2.05, 4.69) is 9.71 Å². The highest BCUT2D eigenvalue weighted by atomic mass is 35.5. The van der Waals surface area contributed by atoms with E-state index < -0.39 is 56.1 Å². The van der Waals surface area contributed by atoms with Crippen molar-refractivity contribution in [1.29, 1.82) is 0 Å². The number of carboxylic acid groups (broad SMARTS) is 2. The molecule has 312 valence electrons. The number of aliphatic carboxylic acids is 2. The summed E-state index contributed by atoms with van der Waals surface area (Å²) in [5.41, 5.74) is 1.68. The first kappa shape index (κ1) is 47.1. The number of alkyl halides is 3. The summed E-state index contributed by atoms with van der Waals surface area (Å²) < 4.78 is 97.7. The van der Waals surface area contributed by atoms with Gasteiger partial charge < -0.3 is 24.2 Å². The first-order chi connectivity index (χ1) is 26.3. The number of rotatable bonds is 16. The molecule has 4 rings (SSSR count). The van der Waals surface area contributed by atoms with E-state index in [1.807, 2.05) is 51.7 Å². The number of quaternary nitrogens is 1. The molecule has 3 aromatic carbocycles. The number of ether oxygens (including phenoxy) is 1. The van der Waals surface area contributed by atoms with Crippen LogP contribution >= 0.6 is 23.2 Å². The van der Waals surface area contributed by atoms with Gasteiger partial charge in [0.25, 0.3) is 0 Å². The molecule has 11 nitrogen and oxygen atoms in total. The number of unbranched alkanes of at least 4 members (excludes halogenated alkanes) is 1. The number of sulfonamides is 1. The fraction of sp³-hybridized carbons (Fsp3) is 0.395. The van der Waals surface area contributed by atoms with Crippen molar-refractivity contribution in [1.82, 2.24) is 14.3 Å². The monoisotopic (exact) mass is 864 g/mol. The Labute approximate surface area is 337 Å². The van der Waals surface area contributed by atoms with Crippen molar-refractivity contribution in [3.63, 3.8) is 0 Å². The molecule has 0 aliphatic heterocycles. The summed E-state index contributed by atoms with van der Waals surface area (Å²) in [4.78, 5) is 24.9. The summed E-state index contributed by atoms with van der Waals surface area (Å²) in [6.07, 6.45) is -1.97. The van der Waals surface area contributed by atoms with Gasteiger partial charge in [-0.25, -0.2) is 22.2 Å². The lowest BCUT2D eigenvalue weighted by Gasteiger charge is -2.28. The van der Waals surface area contributed by atoms with E-state index in [4.69, 9.17) is 37.8 Å². The largest absolute Gasteiger partial charge is 0.542 e. The van der Waals surface area contributed by atoms with Crippen molar-refractivity contribution in [2.24, 2.45) is 0 Å². The second kappa shape index (κ2) is 19.0. The number of nitrogens with zero attached hydrogens (tertiary/aromatic N) is 3. The van der Waals surface area contributed by atoms with Crippen LogP contribution < -0.4 is 14.6 Å². The third-order valence-electron chi connectivity index (χ3n) is 8.86. The highest BCUT2D eigenvalue weighted by Crippen LogP contribution is 2.38. The van der Waals surface area contributed by atoms with Gasteiger partial charge in [-0.05, 0) is 79.8 Å². The maximum atomic E-state index is 15.6. The van der Waals surface area contributed by atoms with Gasteiger partial charge in [0, 0.05) is 34.3 Å².